The van der Waals surface area contributed by atoms with Gasteiger partial charge in [0.15, 0.2) is 0 Å². The lowest BCUT2D eigenvalue weighted by atomic mass is 10.0. The number of hydrogen-bond acceptors (Lipinski definition) is 5. The van der Waals surface area contributed by atoms with Crippen LogP contribution in [0.1, 0.15) is 10.4 Å². The van der Waals surface area contributed by atoms with E-state index in [1.54, 1.807) is 12.1 Å². The van der Waals surface area contributed by atoms with Crippen LogP contribution in [0.15, 0.2) is 12.1 Å². The summed E-state index contributed by atoms with van der Waals surface area (Å²) in [4.78, 5) is 25.9. The molecule has 0 saturated carbocycles. The maximum atomic E-state index is 11.4. The number of nitrogen functional groups attached to an aromatic ring is 1. The molecule has 2 heterocycles. The van der Waals surface area contributed by atoms with Crippen molar-refractivity contribution in [2.24, 2.45) is 5.73 Å². The van der Waals surface area contributed by atoms with Crippen LogP contribution in [0.4, 0.5) is 16.2 Å². The molecule has 0 unspecified atom stereocenters. The molecule has 8 nitrogen and oxygen atoms in total. The highest BCUT2D eigenvalue weighted by atomic mass is 16.5. The first-order chi connectivity index (χ1) is 9.97. The zero-order valence-electron chi connectivity index (χ0n) is 11.3. The van der Waals surface area contributed by atoms with Crippen molar-refractivity contribution in [3.8, 4) is 5.75 Å². The van der Waals surface area contributed by atoms with E-state index >= 15 is 0 Å². The predicted molar refractivity (Wildman–Crippen MR) is 75.6 cm³/mol. The Morgan fingerprint density at radius 3 is 2.76 bits per heavy atom. The predicted octanol–water partition coefficient (Wildman–Crippen LogP) is -0.0713. The minimum absolute atomic E-state index is 0.0771. The number of anilines is 2. The van der Waals surface area contributed by atoms with Gasteiger partial charge in [-0.1, -0.05) is 0 Å². The van der Waals surface area contributed by atoms with Gasteiger partial charge in [0.1, 0.15) is 12.4 Å². The van der Waals surface area contributed by atoms with Gasteiger partial charge in [0.05, 0.1) is 17.3 Å². The lowest BCUT2D eigenvalue weighted by Gasteiger charge is -2.44. The Bertz CT molecular complexity index is 618. The standard InChI is InChI=1S/C13H16N4O4/c14-9-4-11-10(3-8(9)12(15)18)17-2-1-16(13(19)20)5-7(17)6-21-11/h3-4,7H,1-2,5-6,14H2,(H2,15,18)(H,19,20)/t7-/m1/s1. The summed E-state index contributed by atoms with van der Waals surface area (Å²) in [5.74, 6) is -0.000814. The number of carbonyl (C=O) groups excluding carboxylic acids is 1. The van der Waals surface area contributed by atoms with Crippen molar-refractivity contribution in [2.75, 3.05) is 36.9 Å². The topological polar surface area (TPSA) is 122 Å². The fourth-order valence-corrected chi connectivity index (χ4v) is 2.81. The molecule has 5 N–H and O–H groups in total. The number of ether oxygens (including phenoxy) is 1. The number of nitrogens with two attached hydrogens (primary N) is 2. The molecular weight excluding hydrogens is 276 g/mol. The van der Waals surface area contributed by atoms with Gasteiger partial charge in [-0.3, -0.25) is 4.79 Å². The second-order valence-corrected chi connectivity index (χ2v) is 5.16. The summed E-state index contributed by atoms with van der Waals surface area (Å²) in [7, 11) is 0. The Morgan fingerprint density at radius 1 is 1.33 bits per heavy atom. The van der Waals surface area contributed by atoms with E-state index in [1.807, 2.05) is 4.90 Å². The summed E-state index contributed by atoms with van der Waals surface area (Å²) in [5, 5.41) is 9.07. The summed E-state index contributed by atoms with van der Waals surface area (Å²) in [6.07, 6.45) is -0.935. The molecule has 3 rings (SSSR count). The van der Waals surface area contributed by atoms with E-state index in [2.05, 4.69) is 0 Å². The van der Waals surface area contributed by atoms with Crippen LogP contribution in [0.25, 0.3) is 0 Å². The number of amides is 2. The van der Waals surface area contributed by atoms with E-state index in [4.69, 9.17) is 21.3 Å². The molecule has 0 aliphatic carbocycles. The number of carbonyl (C=O) groups is 2. The van der Waals surface area contributed by atoms with Crippen LogP contribution in [0, 0.1) is 0 Å². The van der Waals surface area contributed by atoms with Crippen LogP contribution < -0.4 is 21.1 Å². The normalized spacial score (nSPS) is 20.3. The van der Waals surface area contributed by atoms with Gasteiger partial charge in [-0.15, -0.1) is 0 Å². The molecule has 1 aromatic carbocycles. The lowest BCUT2D eigenvalue weighted by Crippen LogP contribution is -2.58. The van der Waals surface area contributed by atoms with Gasteiger partial charge in [-0.2, -0.15) is 0 Å². The van der Waals surface area contributed by atoms with Crippen LogP contribution in [0.2, 0.25) is 0 Å². The molecule has 112 valence electrons. The van der Waals surface area contributed by atoms with Gasteiger partial charge >= 0.3 is 6.09 Å². The zero-order chi connectivity index (χ0) is 15.1. The number of nitrogens with zero attached hydrogens (tertiary/aromatic N) is 2. The summed E-state index contributed by atoms with van der Waals surface area (Å²) < 4.78 is 5.64. The summed E-state index contributed by atoms with van der Waals surface area (Å²) in [6, 6.07) is 3.14. The van der Waals surface area contributed by atoms with Gasteiger partial charge in [-0.05, 0) is 6.07 Å². The number of rotatable bonds is 1. The largest absolute Gasteiger partial charge is 0.489 e. The fraction of sp³-hybridized carbons (Fsp3) is 0.385. The average Bonchev–Trinajstić information content (AvgIpc) is 2.45. The molecule has 21 heavy (non-hydrogen) atoms. The quantitative estimate of drug-likeness (QED) is 0.623. The highest BCUT2D eigenvalue weighted by Gasteiger charge is 2.35. The van der Waals surface area contributed by atoms with E-state index in [0.717, 1.165) is 5.69 Å². The summed E-state index contributed by atoms with van der Waals surface area (Å²) in [6.45, 7) is 1.69. The number of piperazine rings is 1. The fourth-order valence-electron chi connectivity index (χ4n) is 2.81. The van der Waals surface area contributed by atoms with Crippen LogP contribution in [0.3, 0.4) is 0 Å². The van der Waals surface area contributed by atoms with Crippen molar-refractivity contribution < 1.29 is 19.4 Å². The summed E-state index contributed by atoms with van der Waals surface area (Å²) >= 11 is 0. The van der Waals surface area contributed by atoms with Gasteiger partial charge in [0.25, 0.3) is 5.91 Å². The Labute approximate surface area is 120 Å². The SMILES string of the molecule is NC(=O)c1cc2c(cc1N)OC[C@H]1CN(C(=O)O)CCN21. The first-order valence-corrected chi connectivity index (χ1v) is 6.58. The maximum absolute atomic E-state index is 11.4. The third-order valence-corrected chi connectivity index (χ3v) is 3.89. The molecule has 0 aromatic heterocycles. The molecule has 1 aromatic rings. The number of primary amides is 1. The molecule has 0 radical (unpaired) electrons. The number of hydrogen-bond donors (Lipinski definition) is 3. The Morgan fingerprint density at radius 2 is 2.10 bits per heavy atom. The third kappa shape index (κ3) is 2.18. The van der Waals surface area contributed by atoms with Crippen LogP contribution in [-0.4, -0.2) is 54.3 Å². The van der Waals surface area contributed by atoms with Crippen molar-refractivity contribution in [1.29, 1.82) is 0 Å². The van der Waals surface area contributed by atoms with Gasteiger partial charge in [0, 0.05) is 31.4 Å². The van der Waals surface area contributed by atoms with E-state index in [9.17, 15) is 9.59 Å². The van der Waals surface area contributed by atoms with Crippen molar-refractivity contribution in [3.05, 3.63) is 17.7 Å². The van der Waals surface area contributed by atoms with Crippen LogP contribution in [-0.2, 0) is 0 Å². The van der Waals surface area contributed by atoms with E-state index in [1.165, 1.54) is 4.90 Å². The Balaban J connectivity index is 1.94. The van der Waals surface area contributed by atoms with Crippen molar-refractivity contribution in [3.63, 3.8) is 0 Å². The van der Waals surface area contributed by atoms with Crippen LogP contribution >= 0.6 is 0 Å². The van der Waals surface area contributed by atoms with Gasteiger partial charge < -0.3 is 31.1 Å². The molecule has 0 spiro atoms. The lowest BCUT2D eigenvalue weighted by molar-refractivity contribution is 0.100. The number of fused-ring (bicyclic) bond motifs is 3. The zero-order valence-corrected chi connectivity index (χ0v) is 11.3. The molecule has 1 atom stereocenters. The first-order valence-electron chi connectivity index (χ1n) is 6.58. The molecule has 2 aliphatic heterocycles. The van der Waals surface area contributed by atoms with E-state index < -0.39 is 12.0 Å². The second-order valence-electron chi connectivity index (χ2n) is 5.16. The molecule has 2 amide bonds. The Kier molecular flexibility index (Phi) is 3.00. The maximum Gasteiger partial charge on any atom is 0.407 e. The van der Waals surface area contributed by atoms with E-state index in [0.29, 0.717) is 32.0 Å². The molecule has 2 aliphatic rings. The summed E-state index contributed by atoms with van der Waals surface area (Å²) in [5.41, 5.74) is 12.4. The molecule has 0 bridgehead atoms. The molecule has 8 heteroatoms. The smallest absolute Gasteiger partial charge is 0.407 e. The van der Waals surface area contributed by atoms with Crippen molar-refractivity contribution in [1.82, 2.24) is 4.90 Å². The number of benzene rings is 1. The molecule has 1 fully saturated rings. The average molecular weight is 292 g/mol. The van der Waals surface area contributed by atoms with E-state index in [-0.39, 0.29) is 17.3 Å². The highest BCUT2D eigenvalue weighted by Crippen LogP contribution is 2.38. The monoisotopic (exact) mass is 292 g/mol. The third-order valence-electron chi connectivity index (χ3n) is 3.89. The van der Waals surface area contributed by atoms with Crippen LogP contribution in [0.5, 0.6) is 5.75 Å². The highest BCUT2D eigenvalue weighted by molar-refractivity contribution is 6.00. The minimum Gasteiger partial charge on any atom is -0.489 e. The second kappa shape index (κ2) is 4.72. The number of carboxylic acid groups (broad SMARTS) is 1. The first kappa shape index (κ1) is 13.3. The van der Waals surface area contributed by atoms with Crippen molar-refractivity contribution >= 4 is 23.4 Å². The van der Waals surface area contributed by atoms with Gasteiger partial charge in [0.2, 0.25) is 0 Å². The van der Waals surface area contributed by atoms with Crippen molar-refractivity contribution in [2.45, 2.75) is 6.04 Å². The Hall–Kier alpha value is -2.64. The van der Waals surface area contributed by atoms with Gasteiger partial charge in [-0.25, -0.2) is 4.79 Å². The molecular formula is C13H16N4O4. The minimum atomic E-state index is -0.935. The molecule has 1 saturated heterocycles.